The van der Waals surface area contributed by atoms with Gasteiger partial charge in [0.2, 0.25) is 0 Å². The minimum absolute atomic E-state index is 0.295. The van der Waals surface area contributed by atoms with Crippen molar-refractivity contribution in [2.45, 2.75) is 51.5 Å². The van der Waals surface area contributed by atoms with Gasteiger partial charge in [0.05, 0.1) is 6.07 Å². The van der Waals surface area contributed by atoms with Crippen LogP contribution in [0.25, 0.3) is 0 Å². The third-order valence-electron chi connectivity index (χ3n) is 4.25. The second-order valence-corrected chi connectivity index (χ2v) is 5.30. The van der Waals surface area contributed by atoms with Crippen LogP contribution in [0.15, 0.2) is 11.6 Å². The van der Waals surface area contributed by atoms with Crippen molar-refractivity contribution in [1.82, 2.24) is 4.90 Å². The van der Waals surface area contributed by atoms with Gasteiger partial charge in [0.25, 0.3) is 11.8 Å². The molecular formula is C14H18N2O2. The smallest absolute Gasteiger partial charge is 0.257 e. The number of hydrogen-bond donors (Lipinski definition) is 0. The van der Waals surface area contributed by atoms with Crippen molar-refractivity contribution >= 4 is 11.8 Å². The number of carbonyl (C=O) groups excluding carboxylic acids is 2. The van der Waals surface area contributed by atoms with Crippen LogP contribution in [0.1, 0.15) is 46.0 Å². The highest BCUT2D eigenvalue weighted by Crippen LogP contribution is 2.39. The van der Waals surface area contributed by atoms with Crippen molar-refractivity contribution in [2.75, 3.05) is 0 Å². The molecule has 4 heteroatoms. The lowest BCUT2D eigenvalue weighted by Crippen LogP contribution is -2.53. The maximum absolute atomic E-state index is 12.0. The Bertz CT molecular complexity index is 451. The molecule has 2 rings (SSSR count). The Morgan fingerprint density at radius 2 is 2.06 bits per heavy atom. The summed E-state index contributed by atoms with van der Waals surface area (Å²) in [6.07, 6.45) is 5.50. The number of hydrogen-bond acceptors (Lipinski definition) is 3. The van der Waals surface area contributed by atoms with Crippen LogP contribution in [0, 0.1) is 17.2 Å². The molecule has 0 atom stereocenters. The van der Waals surface area contributed by atoms with E-state index in [0.29, 0.717) is 24.3 Å². The molecule has 1 aliphatic carbocycles. The van der Waals surface area contributed by atoms with E-state index in [1.165, 1.54) is 11.0 Å². The second kappa shape index (κ2) is 4.56. The number of nitriles is 1. The van der Waals surface area contributed by atoms with Crippen LogP contribution in [0.2, 0.25) is 0 Å². The Labute approximate surface area is 107 Å². The summed E-state index contributed by atoms with van der Waals surface area (Å²) in [5.41, 5.74) is -0.471. The van der Waals surface area contributed by atoms with E-state index in [2.05, 4.69) is 13.0 Å². The summed E-state index contributed by atoms with van der Waals surface area (Å²) in [5, 5.41) is 9.46. The summed E-state index contributed by atoms with van der Waals surface area (Å²) in [7, 11) is 0. The average Bonchev–Trinajstić information content (AvgIpc) is 2.64. The van der Waals surface area contributed by atoms with Crippen LogP contribution >= 0.6 is 0 Å². The number of nitrogens with zero attached hydrogens (tertiary/aromatic N) is 2. The highest BCUT2D eigenvalue weighted by molar-refractivity contribution is 6.16. The number of rotatable bonds is 2. The first-order valence-electron chi connectivity index (χ1n) is 6.52. The molecule has 1 heterocycles. The van der Waals surface area contributed by atoms with Crippen molar-refractivity contribution in [2.24, 2.45) is 5.92 Å². The zero-order valence-electron chi connectivity index (χ0n) is 10.9. The molecular weight excluding hydrogens is 228 g/mol. The fourth-order valence-electron chi connectivity index (χ4n) is 2.94. The zero-order valence-corrected chi connectivity index (χ0v) is 10.9. The van der Waals surface area contributed by atoms with Crippen LogP contribution in [0.5, 0.6) is 0 Å². The first-order chi connectivity index (χ1) is 8.54. The molecule has 0 aromatic carbocycles. The molecule has 1 saturated carbocycles. The Morgan fingerprint density at radius 3 is 2.44 bits per heavy atom. The SMILES string of the molecule is CCC1CCC(C#N)(N2C(=O)C=C(C)C2=O)CC1. The predicted octanol–water partition coefficient (Wildman–Crippen LogP) is 2.16. The molecule has 2 aliphatic rings. The van der Waals surface area contributed by atoms with Gasteiger partial charge in [-0.3, -0.25) is 14.5 Å². The monoisotopic (exact) mass is 246 g/mol. The lowest BCUT2D eigenvalue weighted by Gasteiger charge is -2.40. The first-order valence-corrected chi connectivity index (χ1v) is 6.52. The van der Waals surface area contributed by atoms with Gasteiger partial charge in [-0.15, -0.1) is 0 Å². The van der Waals surface area contributed by atoms with Gasteiger partial charge < -0.3 is 0 Å². The Morgan fingerprint density at radius 1 is 1.44 bits per heavy atom. The summed E-state index contributed by atoms with van der Waals surface area (Å²) >= 11 is 0. The second-order valence-electron chi connectivity index (χ2n) is 5.30. The largest absolute Gasteiger partial charge is 0.269 e. The molecule has 0 unspecified atom stereocenters. The average molecular weight is 246 g/mol. The van der Waals surface area contributed by atoms with Crippen LogP contribution < -0.4 is 0 Å². The summed E-state index contributed by atoms with van der Waals surface area (Å²) < 4.78 is 0. The van der Waals surface area contributed by atoms with Gasteiger partial charge in [0, 0.05) is 11.6 Å². The number of imide groups is 1. The minimum atomic E-state index is -0.909. The Kier molecular flexibility index (Phi) is 3.25. The molecule has 0 radical (unpaired) electrons. The van der Waals surface area contributed by atoms with E-state index in [1.807, 2.05) is 0 Å². The summed E-state index contributed by atoms with van der Waals surface area (Å²) in [4.78, 5) is 25.1. The number of carbonyl (C=O) groups is 2. The third kappa shape index (κ3) is 1.84. The molecule has 0 spiro atoms. The molecule has 0 aromatic rings. The Balaban J connectivity index is 2.23. The normalized spacial score (nSPS) is 32.4. The summed E-state index contributed by atoms with van der Waals surface area (Å²) in [6, 6.07) is 2.24. The van der Waals surface area contributed by atoms with Crippen molar-refractivity contribution in [3.63, 3.8) is 0 Å². The van der Waals surface area contributed by atoms with E-state index in [0.717, 1.165) is 19.3 Å². The fourth-order valence-corrected chi connectivity index (χ4v) is 2.94. The van der Waals surface area contributed by atoms with Gasteiger partial charge in [0.1, 0.15) is 5.54 Å². The van der Waals surface area contributed by atoms with Crippen molar-refractivity contribution in [3.8, 4) is 6.07 Å². The minimum Gasteiger partial charge on any atom is -0.269 e. The van der Waals surface area contributed by atoms with Gasteiger partial charge in [-0.1, -0.05) is 13.3 Å². The highest BCUT2D eigenvalue weighted by atomic mass is 16.2. The maximum Gasteiger partial charge on any atom is 0.257 e. The molecule has 1 aliphatic heterocycles. The van der Waals surface area contributed by atoms with E-state index in [1.54, 1.807) is 6.92 Å². The van der Waals surface area contributed by atoms with Crippen LogP contribution in [-0.2, 0) is 9.59 Å². The van der Waals surface area contributed by atoms with Gasteiger partial charge in [0.15, 0.2) is 0 Å². The van der Waals surface area contributed by atoms with Gasteiger partial charge in [-0.05, 0) is 38.5 Å². The Hall–Kier alpha value is -1.63. The van der Waals surface area contributed by atoms with Crippen molar-refractivity contribution < 1.29 is 9.59 Å². The molecule has 96 valence electrons. The molecule has 0 N–H and O–H groups in total. The molecule has 2 amide bonds. The number of amides is 2. The third-order valence-corrected chi connectivity index (χ3v) is 4.25. The highest BCUT2D eigenvalue weighted by Gasteiger charge is 2.48. The van der Waals surface area contributed by atoms with Crippen LogP contribution in [0.3, 0.4) is 0 Å². The van der Waals surface area contributed by atoms with Gasteiger partial charge in [-0.25, -0.2) is 0 Å². The lowest BCUT2D eigenvalue weighted by atomic mass is 9.75. The molecule has 18 heavy (non-hydrogen) atoms. The van der Waals surface area contributed by atoms with Crippen molar-refractivity contribution in [3.05, 3.63) is 11.6 Å². The molecule has 0 aromatic heterocycles. The van der Waals surface area contributed by atoms with E-state index in [4.69, 9.17) is 0 Å². The summed E-state index contributed by atoms with van der Waals surface area (Å²) in [5.74, 6) is -0.00108. The van der Waals surface area contributed by atoms with Crippen LogP contribution in [0.4, 0.5) is 0 Å². The first kappa shape index (κ1) is 12.8. The molecule has 0 saturated heterocycles. The summed E-state index contributed by atoms with van der Waals surface area (Å²) in [6.45, 7) is 3.77. The standard InChI is InChI=1S/C14H18N2O2/c1-3-11-4-6-14(9-15,7-5-11)16-12(17)8-10(2)13(16)18/h8,11H,3-7H2,1-2H3. The van der Waals surface area contributed by atoms with E-state index >= 15 is 0 Å². The fraction of sp³-hybridized carbons (Fsp3) is 0.643. The topological polar surface area (TPSA) is 61.2 Å². The van der Waals surface area contributed by atoms with E-state index < -0.39 is 5.54 Å². The molecule has 1 fully saturated rings. The van der Waals surface area contributed by atoms with E-state index in [9.17, 15) is 14.9 Å². The van der Waals surface area contributed by atoms with Crippen molar-refractivity contribution in [1.29, 1.82) is 5.26 Å². The zero-order chi connectivity index (χ0) is 13.3. The van der Waals surface area contributed by atoms with E-state index in [-0.39, 0.29) is 11.8 Å². The maximum atomic E-state index is 12.0. The van der Waals surface area contributed by atoms with Crippen LogP contribution in [-0.4, -0.2) is 22.3 Å². The lowest BCUT2D eigenvalue weighted by molar-refractivity contribution is -0.143. The molecule has 0 bridgehead atoms. The molecule has 4 nitrogen and oxygen atoms in total. The van der Waals surface area contributed by atoms with Gasteiger partial charge >= 0.3 is 0 Å². The quantitative estimate of drug-likeness (QED) is 0.701. The van der Waals surface area contributed by atoms with Gasteiger partial charge in [-0.2, -0.15) is 5.26 Å². The predicted molar refractivity (Wildman–Crippen MR) is 66.2 cm³/mol.